The van der Waals surface area contributed by atoms with Crippen molar-refractivity contribution in [1.29, 1.82) is 0 Å². The van der Waals surface area contributed by atoms with E-state index in [9.17, 15) is 13.2 Å². The number of hydrogen-bond acceptors (Lipinski definition) is 5. The quantitative estimate of drug-likeness (QED) is 0.821. The van der Waals surface area contributed by atoms with Crippen molar-refractivity contribution in [1.82, 2.24) is 9.88 Å². The molecule has 24 heavy (non-hydrogen) atoms. The number of amides is 1. The minimum absolute atomic E-state index is 0.0498. The molecule has 1 atom stereocenters. The third-order valence-electron chi connectivity index (χ3n) is 4.25. The second kappa shape index (κ2) is 6.76. The summed E-state index contributed by atoms with van der Waals surface area (Å²) in [7, 11) is -3.02. The summed E-state index contributed by atoms with van der Waals surface area (Å²) in [6.45, 7) is 2.23. The van der Waals surface area contributed by atoms with Crippen LogP contribution in [0.25, 0.3) is 10.9 Å². The molecule has 2 heterocycles. The lowest BCUT2D eigenvalue weighted by molar-refractivity contribution is -0.135. The topological polar surface area (TPSA) is 76.6 Å². The normalized spacial score (nSPS) is 19.3. The summed E-state index contributed by atoms with van der Waals surface area (Å²) in [4.78, 5) is 18.2. The smallest absolute Gasteiger partial charge is 0.260 e. The highest BCUT2D eigenvalue weighted by Crippen LogP contribution is 2.20. The first-order chi connectivity index (χ1) is 11.5. The Labute approximate surface area is 141 Å². The summed E-state index contributed by atoms with van der Waals surface area (Å²) in [6.07, 6.45) is 2.23. The van der Waals surface area contributed by atoms with Gasteiger partial charge in [0.2, 0.25) is 0 Å². The minimum atomic E-state index is -3.02. The first-order valence-corrected chi connectivity index (χ1v) is 9.78. The number of fused-ring (bicyclic) bond motifs is 1. The van der Waals surface area contributed by atoms with Gasteiger partial charge in [0.05, 0.1) is 17.0 Å². The molecule has 1 fully saturated rings. The Morgan fingerprint density at radius 2 is 2.21 bits per heavy atom. The molecule has 2 aromatic rings. The largest absolute Gasteiger partial charge is 0.484 e. The van der Waals surface area contributed by atoms with Gasteiger partial charge in [0.25, 0.3) is 5.91 Å². The molecule has 1 amide bonds. The van der Waals surface area contributed by atoms with Crippen molar-refractivity contribution in [3.63, 3.8) is 0 Å². The number of rotatable bonds is 5. The molecular weight excluding hydrogens is 328 g/mol. The summed E-state index contributed by atoms with van der Waals surface area (Å²) in [5.74, 6) is 0.610. The number of ether oxygens (including phenoxy) is 1. The molecule has 0 N–H and O–H groups in total. The summed E-state index contributed by atoms with van der Waals surface area (Å²) in [6, 6.07) is 8.99. The molecule has 1 aliphatic heterocycles. The fourth-order valence-corrected chi connectivity index (χ4v) is 4.76. The van der Waals surface area contributed by atoms with E-state index in [1.807, 2.05) is 31.2 Å². The van der Waals surface area contributed by atoms with E-state index in [-0.39, 0.29) is 30.1 Å². The highest BCUT2D eigenvalue weighted by molar-refractivity contribution is 7.91. The molecule has 1 unspecified atom stereocenters. The predicted octanol–water partition coefficient (Wildman–Crippen LogP) is 1.65. The van der Waals surface area contributed by atoms with Crippen molar-refractivity contribution < 1.29 is 17.9 Å². The van der Waals surface area contributed by atoms with Gasteiger partial charge in [-0.15, -0.1) is 0 Å². The third-order valence-corrected chi connectivity index (χ3v) is 6.00. The third kappa shape index (κ3) is 3.67. The van der Waals surface area contributed by atoms with E-state index in [0.717, 1.165) is 10.9 Å². The average molecular weight is 348 g/mol. The zero-order valence-corrected chi connectivity index (χ0v) is 14.3. The Hall–Kier alpha value is -2.15. The molecule has 1 aromatic heterocycles. The van der Waals surface area contributed by atoms with E-state index < -0.39 is 9.84 Å². The Kier molecular flexibility index (Phi) is 4.71. The molecule has 0 spiro atoms. The number of likely N-dealkylation sites (N-methyl/N-ethyl adjacent to an activating group) is 1. The van der Waals surface area contributed by atoms with E-state index in [1.54, 1.807) is 17.2 Å². The van der Waals surface area contributed by atoms with Crippen molar-refractivity contribution in [3.8, 4) is 5.75 Å². The number of carbonyl (C=O) groups is 1. The number of benzene rings is 1. The molecule has 0 radical (unpaired) electrons. The van der Waals surface area contributed by atoms with Crippen LogP contribution in [0.15, 0.2) is 36.5 Å². The van der Waals surface area contributed by atoms with Gasteiger partial charge in [-0.2, -0.15) is 0 Å². The van der Waals surface area contributed by atoms with E-state index in [4.69, 9.17) is 4.74 Å². The van der Waals surface area contributed by atoms with Crippen molar-refractivity contribution in [2.75, 3.05) is 24.7 Å². The van der Waals surface area contributed by atoms with Crippen LogP contribution in [0, 0.1) is 0 Å². The van der Waals surface area contributed by atoms with Gasteiger partial charge in [0.15, 0.2) is 16.4 Å². The van der Waals surface area contributed by atoms with Gasteiger partial charge in [0, 0.05) is 24.2 Å². The lowest BCUT2D eigenvalue weighted by Gasteiger charge is -2.26. The zero-order chi connectivity index (χ0) is 17.2. The van der Waals surface area contributed by atoms with Crippen LogP contribution < -0.4 is 4.74 Å². The maximum absolute atomic E-state index is 12.4. The Morgan fingerprint density at radius 3 is 2.92 bits per heavy atom. The second-order valence-corrected chi connectivity index (χ2v) is 8.11. The fraction of sp³-hybridized carbons (Fsp3) is 0.412. The van der Waals surface area contributed by atoms with Crippen LogP contribution in [-0.4, -0.2) is 54.9 Å². The lowest BCUT2D eigenvalue weighted by Crippen LogP contribution is -2.43. The Bertz CT molecular complexity index is 851. The number of aromatic nitrogens is 1. The fourth-order valence-electron chi connectivity index (χ4n) is 3.03. The zero-order valence-electron chi connectivity index (χ0n) is 13.5. The van der Waals surface area contributed by atoms with Gasteiger partial charge in [-0.3, -0.25) is 9.78 Å². The molecular formula is C17H20N2O4S. The Balaban J connectivity index is 1.64. The highest BCUT2D eigenvalue weighted by atomic mass is 32.2. The molecule has 0 saturated carbocycles. The monoisotopic (exact) mass is 348 g/mol. The number of carbonyl (C=O) groups excluding carboxylic acids is 1. The van der Waals surface area contributed by atoms with Crippen LogP contribution >= 0.6 is 0 Å². The van der Waals surface area contributed by atoms with Crippen molar-refractivity contribution in [3.05, 3.63) is 36.5 Å². The minimum Gasteiger partial charge on any atom is -0.484 e. The van der Waals surface area contributed by atoms with E-state index >= 15 is 0 Å². The van der Waals surface area contributed by atoms with Gasteiger partial charge in [-0.1, -0.05) is 6.07 Å². The molecule has 3 rings (SSSR count). The van der Waals surface area contributed by atoms with Crippen LogP contribution in [0.5, 0.6) is 5.75 Å². The van der Waals surface area contributed by atoms with Crippen LogP contribution in [0.3, 0.4) is 0 Å². The first kappa shape index (κ1) is 16.7. The van der Waals surface area contributed by atoms with Crippen LogP contribution in [0.4, 0.5) is 0 Å². The molecule has 128 valence electrons. The van der Waals surface area contributed by atoms with Gasteiger partial charge in [-0.05, 0) is 37.6 Å². The van der Waals surface area contributed by atoms with Crippen molar-refractivity contribution in [2.45, 2.75) is 19.4 Å². The molecule has 6 nitrogen and oxygen atoms in total. The van der Waals surface area contributed by atoms with Gasteiger partial charge in [0.1, 0.15) is 5.75 Å². The van der Waals surface area contributed by atoms with Crippen molar-refractivity contribution >= 4 is 26.6 Å². The predicted molar refractivity (Wildman–Crippen MR) is 91.7 cm³/mol. The number of nitrogens with zero attached hydrogens (tertiary/aromatic N) is 2. The molecule has 1 aliphatic rings. The molecule has 1 saturated heterocycles. The summed E-state index contributed by atoms with van der Waals surface area (Å²) in [5.41, 5.74) is 0.863. The molecule has 7 heteroatoms. The van der Waals surface area contributed by atoms with Gasteiger partial charge in [-0.25, -0.2) is 8.42 Å². The molecule has 1 aromatic carbocycles. The van der Waals surface area contributed by atoms with E-state index in [2.05, 4.69) is 4.98 Å². The Morgan fingerprint density at radius 1 is 1.38 bits per heavy atom. The van der Waals surface area contributed by atoms with E-state index in [1.165, 1.54) is 0 Å². The van der Waals surface area contributed by atoms with Gasteiger partial charge >= 0.3 is 0 Å². The second-order valence-electron chi connectivity index (χ2n) is 5.88. The summed E-state index contributed by atoms with van der Waals surface area (Å²) in [5, 5.41) is 0.941. The summed E-state index contributed by atoms with van der Waals surface area (Å²) < 4.78 is 28.8. The standard InChI is InChI=1S/C17H20N2O4S/c1-2-19(14-7-9-24(21,22)12-14)17(20)11-23-15-5-6-16-13(10-15)4-3-8-18-16/h3-6,8,10,14H,2,7,9,11-12H2,1H3. The van der Waals surface area contributed by atoms with Crippen LogP contribution in [0.1, 0.15) is 13.3 Å². The number of hydrogen-bond donors (Lipinski definition) is 0. The van der Waals surface area contributed by atoms with Gasteiger partial charge < -0.3 is 9.64 Å². The van der Waals surface area contributed by atoms with E-state index in [0.29, 0.717) is 18.7 Å². The average Bonchev–Trinajstić information content (AvgIpc) is 2.93. The van der Waals surface area contributed by atoms with Crippen LogP contribution in [-0.2, 0) is 14.6 Å². The molecule has 0 aliphatic carbocycles. The maximum atomic E-state index is 12.4. The highest BCUT2D eigenvalue weighted by Gasteiger charge is 2.33. The number of sulfone groups is 1. The summed E-state index contributed by atoms with van der Waals surface area (Å²) >= 11 is 0. The maximum Gasteiger partial charge on any atom is 0.260 e. The lowest BCUT2D eigenvalue weighted by atomic mass is 10.2. The SMILES string of the molecule is CCN(C(=O)COc1ccc2ncccc2c1)C1CCS(=O)(=O)C1. The van der Waals surface area contributed by atoms with Crippen molar-refractivity contribution in [2.24, 2.45) is 0 Å². The number of pyridine rings is 1. The first-order valence-electron chi connectivity index (χ1n) is 7.96. The van der Waals surface area contributed by atoms with Crippen LogP contribution in [0.2, 0.25) is 0 Å². The molecule has 0 bridgehead atoms.